The molecule has 0 aliphatic heterocycles. The van der Waals surface area contributed by atoms with Crippen LogP contribution >= 0.6 is 0 Å². The summed E-state index contributed by atoms with van der Waals surface area (Å²) in [4.78, 5) is 7.70. The van der Waals surface area contributed by atoms with Gasteiger partial charge in [-0.3, -0.25) is 0 Å². The standard InChI is InChI=1S/C14H19N3O/c1-3-15-9-12-10-16-14(17-12)8-11-4-6-13(18-2)7-5-11/h4-7,10,15H,3,8-9H2,1-2H3,(H,16,17). The molecule has 0 aliphatic carbocycles. The SMILES string of the molecule is CCNCc1cnc(Cc2ccc(OC)cc2)[nH]1. The van der Waals surface area contributed by atoms with Crippen LogP contribution in [0, 0.1) is 0 Å². The maximum absolute atomic E-state index is 5.14. The number of aromatic amines is 1. The van der Waals surface area contributed by atoms with Gasteiger partial charge in [0, 0.05) is 24.9 Å². The van der Waals surface area contributed by atoms with Crippen LogP contribution in [0.5, 0.6) is 5.75 Å². The molecule has 1 aromatic heterocycles. The molecule has 18 heavy (non-hydrogen) atoms. The minimum atomic E-state index is 0.816. The summed E-state index contributed by atoms with van der Waals surface area (Å²) in [6.07, 6.45) is 2.71. The number of rotatable bonds is 6. The number of benzene rings is 1. The fraction of sp³-hybridized carbons (Fsp3) is 0.357. The van der Waals surface area contributed by atoms with Crippen LogP contribution in [-0.2, 0) is 13.0 Å². The molecule has 2 aromatic rings. The van der Waals surface area contributed by atoms with Gasteiger partial charge < -0.3 is 15.0 Å². The Balaban J connectivity index is 1.97. The van der Waals surface area contributed by atoms with Crippen LogP contribution in [0.25, 0.3) is 0 Å². The normalized spacial score (nSPS) is 10.6. The molecule has 0 fully saturated rings. The Morgan fingerprint density at radius 2 is 2.06 bits per heavy atom. The van der Waals surface area contributed by atoms with Gasteiger partial charge in [-0.15, -0.1) is 0 Å². The molecule has 4 nitrogen and oxygen atoms in total. The monoisotopic (exact) mass is 245 g/mol. The quantitative estimate of drug-likeness (QED) is 0.819. The Bertz CT molecular complexity index is 476. The van der Waals surface area contributed by atoms with E-state index in [0.717, 1.165) is 36.8 Å². The van der Waals surface area contributed by atoms with Crippen LogP contribution < -0.4 is 10.1 Å². The van der Waals surface area contributed by atoms with Crippen molar-refractivity contribution in [1.29, 1.82) is 0 Å². The Hall–Kier alpha value is -1.81. The van der Waals surface area contributed by atoms with Gasteiger partial charge in [0.15, 0.2) is 0 Å². The Labute approximate surface area is 107 Å². The minimum Gasteiger partial charge on any atom is -0.497 e. The highest BCUT2D eigenvalue weighted by atomic mass is 16.5. The van der Waals surface area contributed by atoms with Crippen molar-refractivity contribution < 1.29 is 4.74 Å². The summed E-state index contributed by atoms with van der Waals surface area (Å²) in [5.74, 6) is 1.87. The molecule has 2 N–H and O–H groups in total. The summed E-state index contributed by atoms with van der Waals surface area (Å²) < 4.78 is 5.14. The predicted octanol–water partition coefficient (Wildman–Crippen LogP) is 2.12. The number of hydrogen-bond acceptors (Lipinski definition) is 3. The summed E-state index contributed by atoms with van der Waals surface area (Å²) in [7, 11) is 1.68. The average molecular weight is 245 g/mol. The molecule has 0 amide bonds. The first-order valence-electron chi connectivity index (χ1n) is 6.18. The van der Waals surface area contributed by atoms with Crippen LogP contribution in [0.2, 0.25) is 0 Å². The van der Waals surface area contributed by atoms with Crippen molar-refractivity contribution in [3.05, 3.63) is 47.5 Å². The number of aromatic nitrogens is 2. The molecule has 0 saturated carbocycles. The van der Waals surface area contributed by atoms with E-state index in [2.05, 4.69) is 34.3 Å². The molecule has 0 unspecified atom stereocenters. The second-order valence-corrected chi connectivity index (χ2v) is 4.16. The molecular weight excluding hydrogens is 226 g/mol. The Morgan fingerprint density at radius 1 is 1.28 bits per heavy atom. The van der Waals surface area contributed by atoms with E-state index < -0.39 is 0 Å². The molecule has 0 aliphatic rings. The number of nitrogens with one attached hydrogen (secondary N) is 2. The first kappa shape index (κ1) is 12.6. The summed E-state index contributed by atoms with van der Waals surface area (Å²) in [6, 6.07) is 8.06. The molecule has 4 heteroatoms. The average Bonchev–Trinajstić information content (AvgIpc) is 2.85. The van der Waals surface area contributed by atoms with Crippen molar-refractivity contribution in [2.45, 2.75) is 19.9 Å². The molecule has 2 rings (SSSR count). The third-order valence-electron chi connectivity index (χ3n) is 2.78. The van der Waals surface area contributed by atoms with Crippen molar-refractivity contribution in [3.8, 4) is 5.75 Å². The van der Waals surface area contributed by atoms with Gasteiger partial charge in [0.1, 0.15) is 11.6 Å². The van der Waals surface area contributed by atoms with E-state index in [4.69, 9.17) is 4.74 Å². The summed E-state index contributed by atoms with van der Waals surface area (Å²) in [5, 5.41) is 3.27. The number of methoxy groups -OCH3 is 1. The second kappa shape index (κ2) is 6.21. The van der Waals surface area contributed by atoms with Crippen molar-refractivity contribution in [2.75, 3.05) is 13.7 Å². The Morgan fingerprint density at radius 3 is 2.72 bits per heavy atom. The largest absolute Gasteiger partial charge is 0.497 e. The minimum absolute atomic E-state index is 0.816. The zero-order valence-electron chi connectivity index (χ0n) is 10.9. The first-order chi connectivity index (χ1) is 8.81. The summed E-state index contributed by atoms with van der Waals surface area (Å²) in [6.45, 7) is 3.90. The van der Waals surface area contributed by atoms with E-state index in [0.29, 0.717) is 0 Å². The number of hydrogen-bond donors (Lipinski definition) is 2. The lowest BCUT2D eigenvalue weighted by Gasteiger charge is -2.02. The maximum atomic E-state index is 5.14. The van der Waals surface area contributed by atoms with E-state index in [-0.39, 0.29) is 0 Å². The lowest BCUT2D eigenvalue weighted by molar-refractivity contribution is 0.414. The van der Waals surface area contributed by atoms with E-state index in [9.17, 15) is 0 Å². The van der Waals surface area contributed by atoms with Crippen LogP contribution in [-0.4, -0.2) is 23.6 Å². The zero-order chi connectivity index (χ0) is 12.8. The highest BCUT2D eigenvalue weighted by molar-refractivity contribution is 5.28. The molecular formula is C14H19N3O. The van der Waals surface area contributed by atoms with E-state index in [1.54, 1.807) is 7.11 Å². The fourth-order valence-electron chi connectivity index (χ4n) is 1.78. The highest BCUT2D eigenvalue weighted by Gasteiger charge is 2.02. The first-order valence-corrected chi connectivity index (χ1v) is 6.18. The van der Waals surface area contributed by atoms with Crippen LogP contribution in [0.3, 0.4) is 0 Å². The van der Waals surface area contributed by atoms with Gasteiger partial charge in [-0.05, 0) is 24.2 Å². The van der Waals surface area contributed by atoms with Gasteiger partial charge in [-0.2, -0.15) is 0 Å². The van der Waals surface area contributed by atoms with Gasteiger partial charge in [-0.1, -0.05) is 19.1 Å². The zero-order valence-corrected chi connectivity index (χ0v) is 10.9. The van der Waals surface area contributed by atoms with Gasteiger partial charge in [0.05, 0.1) is 7.11 Å². The highest BCUT2D eigenvalue weighted by Crippen LogP contribution is 2.13. The van der Waals surface area contributed by atoms with Gasteiger partial charge in [0.25, 0.3) is 0 Å². The molecule has 1 aromatic carbocycles. The number of nitrogens with zero attached hydrogens (tertiary/aromatic N) is 1. The van der Waals surface area contributed by atoms with Gasteiger partial charge >= 0.3 is 0 Å². The predicted molar refractivity (Wildman–Crippen MR) is 71.8 cm³/mol. The Kier molecular flexibility index (Phi) is 4.36. The third-order valence-corrected chi connectivity index (χ3v) is 2.78. The number of H-pyrrole nitrogens is 1. The second-order valence-electron chi connectivity index (χ2n) is 4.16. The number of ether oxygens (including phenoxy) is 1. The van der Waals surface area contributed by atoms with Crippen LogP contribution in [0.15, 0.2) is 30.5 Å². The van der Waals surface area contributed by atoms with Crippen molar-refractivity contribution >= 4 is 0 Å². The molecule has 0 saturated heterocycles. The molecule has 1 heterocycles. The lowest BCUT2D eigenvalue weighted by atomic mass is 10.1. The van der Waals surface area contributed by atoms with Crippen LogP contribution in [0.4, 0.5) is 0 Å². The molecule has 0 spiro atoms. The lowest BCUT2D eigenvalue weighted by Crippen LogP contribution is -2.11. The van der Waals surface area contributed by atoms with Crippen molar-refractivity contribution in [3.63, 3.8) is 0 Å². The van der Waals surface area contributed by atoms with Crippen molar-refractivity contribution in [2.24, 2.45) is 0 Å². The smallest absolute Gasteiger partial charge is 0.118 e. The van der Waals surface area contributed by atoms with Crippen LogP contribution in [0.1, 0.15) is 24.0 Å². The summed E-state index contributed by atoms with van der Waals surface area (Å²) >= 11 is 0. The van der Waals surface area contributed by atoms with Gasteiger partial charge in [0.2, 0.25) is 0 Å². The van der Waals surface area contributed by atoms with E-state index in [1.807, 2.05) is 18.3 Å². The summed E-state index contributed by atoms with van der Waals surface area (Å²) in [5.41, 5.74) is 2.35. The third kappa shape index (κ3) is 3.34. The molecule has 0 atom stereocenters. The fourth-order valence-corrected chi connectivity index (χ4v) is 1.78. The van der Waals surface area contributed by atoms with E-state index >= 15 is 0 Å². The maximum Gasteiger partial charge on any atom is 0.118 e. The molecule has 0 bridgehead atoms. The van der Waals surface area contributed by atoms with Gasteiger partial charge in [-0.25, -0.2) is 4.98 Å². The topological polar surface area (TPSA) is 49.9 Å². The molecule has 96 valence electrons. The van der Waals surface area contributed by atoms with Crippen molar-refractivity contribution in [1.82, 2.24) is 15.3 Å². The number of imidazole rings is 1. The molecule has 0 radical (unpaired) electrons. The van der Waals surface area contributed by atoms with E-state index in [1.165, 1.54) is 5.56 Å².